The van der Waals surface area contributed by atoms with Gasteiger partial charge in [-0.3, -0.25) is 0 Å². The van der Waals surface area contributed by atoms with E-state index in [9.17, 15) is 0 Å². The summed E-state index contributed by atoms with van der Waals surface area (Å²) in [5, 5.41) is 8.50. The van der Waals surface area contributed by atoms with Crippen molar-refractivity contribution in [2.24, 2.45) is 0 Å². The molecule has 1 aromatic carbocycles. The monoisotopic (exact) mass is 351 g/mol. The number of nitrogens with zero attached hydrogens (tertiary/aromatic N) is 5. The summed E-state index contributed by atoms with van der Waals surface area (Å²) in [6.07, 6.45) is 9.73. The summed E-state index contributed by atoms with van der Waals surface area (Å²) in [4.78, 5) is 9.32. The van der Waals surface area contributed by atoms with Gasteiger partial charge in [-0.05, 0) is 44.8 Å². The van der Waals surface area contributed by atoms with Crippen LogP contribution in [0.2, 0.25) is 0 Å². The molecule has 138 valence electrons. The fourth-order valence-electron chi connectivity index (χ4n) is 4.27. The van der Waals surface area contributed by atoms with Crippen molar-refractivity contribution in [2.45, 2.75) is 50.5 Å². The lowest BCUT2D eigenvalue weighted by Gasteiger charge is -2.22. The van der Waals surface area contributed by atoms with Crippen LogP contribution in [-0.2, 0) is 0 Å². The molecule has 0 radical (unpaired) electrons. The first-order valence-corrected chi connectivity index (χ1v) is 9.92. The van der Waals surface area contributed by atoms with Crippen LogP contribution in [0.5, 0.6) is 0 Å². The predicted octanol–water partition coefficient (Wildman–Crippen LogP) is 3.73. The first-order valence-electron chi connectivity index (χ1n) is 9.92. The number of rotatable bonds is 4. The third-order valence-corrected chi connectivity index (χ3v) is 6.01. The van der Waals surface area contributed by atoms with E-state index in [1.165, 1.54) is 37.7 Å². The molecule has 1 unspecified atom stereocenters. The molecular formula is C21H29N5. The van der Waals surface area contributed by atoms with Gasteiger partial charge in [0, 0.05) is 24.7 Å². The minimum absolute atomic E-state index is 0.567. The molecule has 2 aromatic rings. The van der Waals surface area contributed by atoms with Gasteiger partial charge in [-0.15, -0.1) is 5.10 Å². The highest BCUT2D eigenvalue weighted by molar-refractivity contribution is 5.59. The maximum Gasteiger partial charge on any atom is 0.245 e. The summed E-state index contributed by atoms with van der Waals surface area (Å²) in [5.74, 6) is 1.49. The zero-order valence-corrected chi connectivity index (χ0v) is 15.9. The fraction of sp³-hybridized carbons (Fsp3) is 0.571. The Kier molecular flexibility index (Phi) is 5.16. The molecular weight excluding hydrogens is 322 g/mol. The fourth-order valence-corrected chi connectivity index (χ4v) is 4.27. The van der Waals surface area contributed by atoms with Crippen molar-refractivity contribution >= 4 is 5.95 Å². The second-order valence-electron chi connectivity index (χ2n) is 7.95. The molecule has 4 rings (SSSR count). The van der Waals surface area contributed by atoms with Gasteiger partial charge in [0.1, 0.15) is 0 Å². The van der Waals surface area contributed by atoms with Crippen LogP contribution in [0, 0.1) is 0 Å². The molecule has 2 heterocycles. The predicted molar refractivity (Wildman–Crippen MR) is 105 cm³/mol. The van der Waals surface area contributed by atoms with Gasteiger partial charge < -0.3 is 9.80 Å². The standard InChI is InChI=1S/C21H29N5/c1-25(2)19-12-13-26(15-19)21-23-20(14-22-24-21)18-10-8-17(9-11-18)16-6-4-3-5-7-16/h8-11,14,16,19H,3-7,12-13,15H2,1-2H3. The Morgan fingerprint density at radius 1 is 1.00 bits per heavy atom. The Labute approximate surface area is 156 Å². The topological polar surface area (TPSA) is 45.2 Å². The van der Waals surface area contributed by atoms with E-state index in [1.54, 1.807) is 6.20 Å². The third-order valence-electron chi connectivity index (χ3n) is 6.01. The second-order valence-corrected chi connectivity index (χ2v) is 7.95. The highest BCUT2D eigenvalue weighted by Crippen LogP contribution is 2.33. The molecule has 5 heteroatoms. The zero-order chi connectivity index (χ0) is 17.9. The van der Waals surface area contributed by atoms with Gasteiger partial charge in [-0.1, -0.05) is 43.5 Å². The largest absolute Gasteiger partial charge is 0.338 e. The molecule has 0 N–H and O–H groups in total. The van der Waals surface area contributed by atoms with E-state index in [0.717, 1.165) is 42.6 Å². The van der Waals surface area contributed by atoms with Crippen LogP contribution < -0.4 is 4.90 Å². The summed E-state index contributed by atoms with van der Waals surface area (Å²) < 4.78 is 0. The minimum atomic E-state index is 0.567. The number of hydrogen-bond acceptors (Lipinski definition) is 5. The molecule has 1 saturated carbocycles. The minimum Gasteiger partial charge on any atom is -0.338 e. The highest BCUT2D eigenvalue weighted by Gasteiger charge is 2.26. The molecule has 2 fully saturated rings. The quantitative estimate of drug-likeness (QED) is 0.840. The molecule has 2 aliphatic rings. The van der Waals surface area contributed by atoms with Gasteiger partial charge >= 0.3 is 0 Å². The Balaban J connectivity index is 1.49. The second kappa shape index (κ2) is 7.70. The van der Waals surface area contributed by atoms with Crippen molar-refractivity contribution in [3.63, 3.8) is 0 Å². The lowest BCUT2D eigenvalue weighted by molar-refractivity contribution is 0.315. The molecule has 26 heavy (non-hydrogen) atoms. The van der Waals surface area contributed by atoms with Crippen LogP contribution in [0.3, 0.4) is 0 Å². The average Bonchev–Trinajstić information content (AvgIpc) is 3.20. The Hall–Kier alpha value is -2.01. The van der Waals surface area contributed by atoms with E-state index in [-0.39, 0.29) is 0 Å². The van der Waals surface area contributed by atoms with E-state index in [4.69, 9.17) is 4.98 Å². The van der Waals surface area contributed by atoms with Crippen molar-refractivity contribution in [3.05, 3.63) is 36.0 Å². The molecule has 1 atom stereocenters. The molecule has 1 aromatic heterocycles. The van der Waals surface area contributed by atoms with Crippen LogP contribution >= 0.6 is 0 Å². The Morgan fingerprint density at radius 3 is 2.46 bits per heavy atom. The summed E-state index contributed by atoms with van der Waals surface area (Å²) in [7, 11) is 4.27. The van der Waals surface area contributed by atoms with Crippen molar-refractivity contribution in [2.75, 3.05) is 32.1 Å². The van der Waals surface area contributed by atoms with Crippen LogP contribution in [0.4, 0.5) is 5.95 Å². The molecule has 0 amide bonds. The number of hydrogen-bond donors (Lipinski definition) is 0. The lowest BCUT2D eigenvalue weighted by atomic mass is 9.84. The Morgan fingerprint density at radius 2 is 1.77 bits per heavy atom. The average molecular weight is 351 g/mol. The maximum atomic E-state index is 4.79. The number of benzene rings is 1. The molecule has 5 nitrogen and oxygen atoms in total. The maximum absolute atomic E-state index is 4.79. The Bertz CT molecular complexity index is 721. The van der Waals surface area contributed by atoms with E-state index >= 15 is 0 Å². The first-order chi connectivity index (χ1) is 12.7. The van der Waals surface area contributed by atoms with Gasteiger partial charge in [0.05, 0.1) is 11.9 Å². The normalized spacial score (nSPS) is 21.5. The van der Waals surface area contributed by atoms with Crippen molar-refractivity contribution < 1.29 is 0 Å². The van der Waals surface area contributed by atoms with Gasteiger partial charge in [-0.25, -0.2) is 4.98 Å². The summed E-state index contributed by atoms with van der Waals surface area (Å²) >= 11 is 0. The van der Waals surface area contributed by atoms with E-state index in [0.29, 0.717) is 6.04 Å². The molecule has 1 aliphatic carbocycles. The van der Waals surface area contributed by atoms with Gasteiger partial charge in [0.2, 0.25) is 5.95 Å². The van der Waals surface area contributed by atoms with Crippen LogP contribution in [-0.4, -0.2) is 53.3 Å². The van der Waals surface area contributed by atoms with Crippen molar-refractivity contribution in [1.82, 2.24) is 20.1 Å². The summed E-state index contributed by atoms with van der Waals surface area (Å²) in [6.45, 7) is 1.97. The summed E-state index contributed by atoms with van der Waals surface area (Å²) in [6, 6.07) is 9.53. The van der Waals surface area contributed by atoms with Gasteiger partial charge in [0.25, 0.3) is 0 Å². The molecule has 0 spiro atoms. The van der Waals surface area contributed by atoms with Crippen molar-refractivity contribution in [3.8, 4) is 11.3 Å². The van der Waals surface area contributed by atoms with Gasteiger partial charge in [-0.2, -0.15) is 5.10 Å². The highest BCUT2D eigenvalue weighted by atomic mass is 15.3. The van der Waals surface area contributed by atoms with E-state index in [1.807, 2.05) is 0 Å². The zero-order valence-electron chi connectivity index (χ0n) is 15.9. The van der Waals surface area contributed by atoms with E-state index in [2.05, 4.69) is 58.4 Å². The van der Waals surface area contributed by atoms with Crippen molar-refractivity contribution in [1.29, 1.82) is 0 Å². The SMILES string of the molecule is CN(C)C1CCN(c2nncc(-c3ccc(C4CCCCC4)cc3)n2)C1. The number of anilines is 1. The molecule has 0 bridgehead atoms. The number of aromatic nitrogens is 3. The van der Waals surface area contributed by atoms with Crippen LogP contribution in [0.25, 0.3) is 11.3 Å². The lowest BCUT2D eigenvalue weighted by Crippen LogP contribution is -2.32. The van der Waals surface area contributed by atoms with E-state index < -0.39 is 0 Å². The van der Waals surface area contributed by atoms with Gasteiger partial charge in [0.15, 0.2) is 0 Å². The van der Waals surface area contributed by atoms with Crippen LogP contribution in [0.1, 0.15) is 50.0 Å². The molecule has 1 saturated heterocycles. The third kappa shape index (κ3) is 3.73. The smallest absolute Gasteiger partial charge is 0.245 e. The molecule has 1 aliphatic heterocycles. The first kappa shape index (κ1) is 17.4. The number of likely N-dealkylation sites (N-methyl/N-ethyl adjacent to an activating group) is 1. The summed E-state index contributed by atoms with van der Waals surface area (Å²) in [5.41, 5.74) is 3.52. The van der Waals surface area contributed by atoms with Crippen LogP contribution in [0.15, 0.2) is 30.5 Å².